The Balaban J connectivity index is 1.75. The number of ether oxygens (including phenoxy) is 1. The van der Waals surface area contributed by atoms with E-state index >= 15 is 0 Å². The lowest BCUT2D eigenvalue weighted by Crippen LogP contribution is -2.24. The third-order valence-corrected chi connectivity index (χ3v) is 2.84. The van der Waals surface area contributed by atoms with E-state index in [1.165, 1.54) is 30.5 Å². The van der Waals surface area contributed by atoms with Crippen LogP contribution in [0.5, 0.6) is 5.75 Å². The van der Waals surface area contributed by atoms with Gasteiger partial charge in [0.25, 0.3) is 11.6 Å². The number of nitro benzene ring substituents is 1. The van der Waals surface area contributed by atoms with Gasteiger partial charge in [0.05, 0.1) is 11.0 Å². The maximum absolute atomic E-state index is 11.6. The molecule has 0 fully saturated rings. The maximum Gasteiger partial charge on any atom is 0.277 e. The highest BCUT2D eigenvalue weighted by Gasteiger charge is 2.07. The third-order valence-electron chi connectivity index (χ3n) is 2.84. The first-order valence-corrected chi connectivity index (χ1v) is 7.06. The number of allylic oxidation sites excluding steroid dienone is 1. The van der Waals surface area contributed by atoms with Gasteiger partial charge in [-0.3, -0.25) is 14.9 Å². The normalized spacial score (nSPS) is 10.8. The minimum Gasteiger partial charge on any atom is -0.483 e. The van der Waals surface area contributed by atoms with E-state index in [-0.39, 0.29) is 18.0 Å². The lowest BCUT2D eigenvalue weighted by Gasteiger charge is -2.04. The van der Waals surface area contributed by atoms with Gasteiger partial charge >= 0.3 is 0 Å². The fraction of sp³-hybridized carbons (Fsp3) is 0.0588. The molecule has 0 saturated heterocycles. The summed E-state index contributed by atoms with van der Waals surface area (Å²) in [6.45, 7) is -0.291. The molecule has 0 radical (unpaired) electrons. The molecule has 1 N–H and O–H groups in total. The summed E-state index contributed by atoms with van der Waals surface area (Å²) < 4.78 is 5.18. The van der Waals surface area contributed by atoms with E-state index in [1.807, 2.05) is 36.4 Å². The van der Waals surface area contributed by atoms with E-state index in [1.54, 1.807) is 6.08 Å². The number of hydrogen-bond donors (Lipinski definition) is 1. The van der Waals surface area contributed by atoms with Crippen molar-refractivity contribution in [2.24, 2.45) is 5.10 Å². The van der Waals surface area contributed by atoms with Crippen LogP contribution in [-0.2, 0) is 4.79 Å². The number of benzene rings is 2. The summed E-state index contributed by atoms with van der Waals surface area (Å²) >= 11 is 0. The molecular weight excluding hydrogens is 310 g/mol. The van der Waals surface area contributed by atoms with Gasteiger partial charge in [-0.15, -0.1) is 0 Å². The Bertz CT molecular complexity index is 757. The number of hydrazone groups is 1. The minimum atomic E-state index is -0.531. The highest BCUT2D eigenvalue weighted by atomic mass is 16.6. The number of amides is 1. The quantitative estimate of drug-likeness (QED) is 0.481. The molecule has 0 unspecified atom stereocenters. The molecule has 122 valence electrons. The SMILES string of the molecule is O=C(COc1cccc([N+](=O)[O-])c1)N/N=C\C=C\c1ccccc1. The van der Waals surface area contributed by atoms with Crippen LogP contribution in [0.25, 0.3) is 6.08 Å². The summed E-state index contributed by atoms with van der Waals surface area (Å²) in [5.41, 5.74) is 3.21. The van der Waals surface area contributed by atoms with Gasteiger partial charge in [0.15, 0.2) is 6.61 Å². The molecule has 7 heteroatoms. The Labute approximate surface area is 138 Å². The van der Waals surface area contributed by atoms with Crippen molar-refractivity contribution in [1.82, 2.24) is 5.43 Å². The summed E-state index contributed by atoms with van der Waals surface area (Å²) in [5, 5.41) is 14.4. The summed E-state index contributed by atoms with van der Waals surface area (Å²) in [7, 11) is 0. The molecule has 0 saturated carbocycles. The fourth-order valence-corrected chi connectivity index (χ4v) is 1.74. The molecule has 0 aliphatic heterocycles. The molecule has 1 amide bonds. The molecule has 2 aromatic carbocycles. The van der Waals surface area contributed by atoms with Crippen molar-refractivity contribution < 1.29 is 14.5 Å². The molecule has 0 aliphatic carbocycles. The lowest BCUT2D eigenvalue weighted by atomic mass is 10.2. The predicted octanol–water partition coefficient (Wildman–Crippen LogP) is 2.79. The van der Waals surface area contributed by atoms with E-state index in [4.69, 9.17) is 4.74 Å². The van der Waals surface area contributed by atoms with Crippen molar-refractivity contribution >= 4 is 23.9 Å². The van der Waals surface area contributed by atoms with Crippen LogP contribution in [0.3, 0.4) is 0 Å². The highest BCUT2D eigenvalue weighted by Crippen LogP contribution is 2.18. The Morgan fingerprint density at radius 2 is 2.00 bits per heavy atom. The van der Waals surface area contributed by atoms with E-state index < -0.39 is 10.8 Å². The van der Waals surface area contributed by atoms with Crippen LogP contribution in [0, 0.1) is 10.1 Å². The van der Waals surface area contributed by atoms with E-state index in [0.29, 0.717) is 0 Å². The standard InChI is InChI=1S/C17H15N3O4/c21-17(13-24-16-10-4-9-15(12-16)20(22)23)19-18-11-5-8-14-6-2-1-3-7-14/h1-12H,13H2,(H,19,21)/b8-5+,18-11-. The van der Waals surface area contributed by atoms with Crippen molar-refractivity contribution in [2.45, 2.75) is 0 Å². The van der Waals surface area contributed by atoms with Crippen molar-refractivity contribution in [3.63, 3.8) is 0 Å². The number of carbonyl (C=O) groups excluding carboxylic acids is 1. The molecule has 0 atom stereocenters. The van der Waals surface area contributed by atoms with Gasteiger partial charge in [0, 0.05) is 12.3 Å². The second kappa shape index (κ2) is 8.84. The Hall–Kier alpha value is -3.48. The molecule has 0 bridgehead atoms. The van der Waals surface area contributed by atoms with Crippen LogP contribution < -0.4 is 10.2 Å². The molecular formula is C17H15N3O4. The average molecular weight is 325 g/mol. The van der Waals surface area contributed by atoms with Crippen LogP contribution in [0.15, 0.2) is 65.8 Å². The van der Waals surface area contributed by atoms with E-state index in [2.05, 4.69) is 10.5 Å². The van der Waals surface area contributed by atoms with Crippen LogP contribution in [0.1, 0.15) is 5.56 Å². The largest absolute Gasteiger partial charge is 0.483 e. The van der Waals surface area contributed by atoms with Crippen molar-refractivity contribution in [3.8, 4) is 5.75 Å². The van der Waals surface area contributed by atoms with E-state index in [0.717, 1.165) is 5.56 Å². The van der Waals surface area contributed by atoms with Gasteiger partial charge in [0.2, 0.25) is 0 Å². The van der Waals surface area contributed by atoms with Gasteiger partial charge in [-0.05, 0) is 17.7 Å². The summed E-state index contributed by atoms with van der Waals surface area (Å²) in [4.78, 5) is 21.7. The third kappa shape index (κ3) is 5.72. The molecule has 0 aliphatic rings. The van der Waals surface area contributed by atoms with E-state index in [9.17, 15) is 14.9 Å². The van der Waals surface area contributed by atoms with Crippen molar-refractivity contribution in [1.29, 1.82) is 0 Å². The maximum atomic E-state index is 11.6. The zero-order chi connectivity index (χ0) is 17.2. The molecule has 7 nitrogen and oxygen atoms in total. The fourth-order valence-electron chi connectivity index (χ4n) is 1.74. The van der Waals surface area contributed by atoms with Gasteiger partial charge in [-0.1, -0.05) is 42.5 Å². The smallest absolute Gasteiger partial charge is 0.277 e. The number of hydrogen-bond acceptors (Lipinski definition) is 5. The minimum absolute atomic E-state index is 0.100. The number of carbonyl (C=O) groups is 1. The number of rotatable bonds is 7. The Morgan fingerprint density at radius 3 is 2.75 bits per heavy atom. The van der Waals surface area contributed by atoms with Gasteiger partial charge < -0.3 is 4.74 Å². The number of nitrogens with zero attached hydrogens (tertiary/aromatic N) is 2. The number of nitrogens with one attached hydrogen (secondary N) is 1. The van der Waals surface area contributed by atoms with Crippen LogP contribution >= 0.6 is 0 Å². The van der Waals surface area contributed by atoms with Crippen LogP contribution in [0.4, 0.5) is 5.69 Å². The van der Waals surface area contributed by atoms with Crippen LogP contribution in [0.2, 0.25) is 0 Å². The van der Waals surface area contributed by atoms with Gasteiger partial charge in [0.1, 0.15) is 5.75 Å². The monoisotopic (exact) mass is 325 g/mol. The number of nitro groups is 1. The highest BCUT2D eigenvalue weighted by molar-refractivity contribution is 5.81. The molecule has 2 rings (SSSR count). The van der Waals surface area contributed by atoms with Gasteiger partial charge in [-0.25, -0.2) is 5.43 Å². The lowest BCUT2D eigenvalue weighted by molar-refractivity contribution is -0.384. The Morgan fingerprint density at radius 1 is 1.21 bits per heavy atom. The summed E-state index contributed by atoms with van der Waals surface area (Å²) in [6, 6.07) is 15.3. The summed E-state index contributed by atoms with van der Waals surface area (Å²) in [5.74, 6) is -0.224. The van der Waals surface area contributed by atoms with Crippen LogP contribution in [-0.4, -0.2) is 23.7 Å². The first-order valence-electron chi connectivity index (χ1n) is 7.06. The second-order valence-corrected chi connectivity index (χ2v) is 4.63. The van der Waals surface area contributed by atoms with Crippen molar-refractivity contribution in [3.05, 3.63) is 76.4 Å². The molecule has 0 spiro atoms. The predicted molar refractivity (Wildman–Crippen MR) is 90.7 cm³/mol. The number of non-ortho nitro benzene ring substituents is 1. The first kappa shape index (κ1) is 16.9. The molecule has 2 aromatic rings. The first-order chi connectivity index (χ1) is 11.6. The second-order valence-electron chi connectivity index (χ2n) is 4.63. The molecule has 0 aromatic heterocycles. The molecule has 24 heavy (non-hydrogen) atoms. The zero-order valence-electron chi connectivity index (χ0n) is 12.7. The average Bonchev–Trinajstić information content (AvgIpc) is 2.61. The molecule has 0 heterocycles. The Kier molecular flexibility index (Phi) is 6.22. The van der Waals surface area contributed by atoms with Gasteiger partial charge in [-0.2, -0.15) is 5.10 Å². The topological polar surface area (TPSA) is 93.8 Å². The summed E-state index contributed by atoms with van der Waals surface area (Å²) in [6.07, 6.45) is 4.98. The zero-order valence-corrected chi connectivity index (χ0v) is 12.7. The van der Waals surface area contributed by atoms with Crippen molar-refractivity contribution in [2.75, 3.05) is 6.61 Å².